The van der Waals surface area contributed by atoms with Gasteiger partial charge in [-0.25, -0.2) is 4.39 Å². The molecule has 0 fully saturated rings. The van der Waals surface area contributed by atoms with Crippen molar-refractivity contribution >= 4 is 27.3 Å². The standard InChI is InChI=1S/C17H12FN5OS/c1-10-3-2-4-12(9-10)14-20-21-17-23(14)22-16(25-17)19-15(24)11-5-7-13(18)8-6-11/h2-9H,1H3,(H,19,22,24). The smallest absolute Gasteiger partial charge is 0.257 e. The Kier molecular flexibility index (Phi) is 3.73. The number of aromatic nitrogens is 4. The molecule has 0 atom stereocenters. The van der Waals surface area contributed by atoms with Crippen LogP contribution in [0, 0.1) is 12.7 Å². The molecule has 1 amide bonds. The Bertz CT molecular complexity index is 1070. The molecule has 0 unspecified atom stereocenters. The fourth-order valence-corrected chi connectivity index (χ4v) is 3.14. The minimum absolute atomic E-state index is 0.353. The first-order valence-corrected chi connectivity index (χ1v) is 8.28. The van der Waals surface area contributed by atoms with E-state index in [2.05, 4.69) is 20.6 Å². The van der Waals surface area contributed by atoms with Gasteiger partial charge in [-0.1, -0.05) is 35.1 Å². The Morgan fingerprint density at radius 2 is 1.96 bits per heavy atom. The van der Waals surface area contributed by atoms with Crippen molar-refractivity contribution in [2.24, 2.45) is 0 Å². The van der Waals surface area contributed by atoms with Gasteiger partial charge in [0.05, 0.1) is 0 Å². The van der Waals surface area contributed by atoms with Crippen LogP contribution in [-0.2, 0) is 0 Å². The number of halogens is 1. The number of carbonyl (C=O) groups is 1. The summed E-state index contributed by atoms with van der Waals surface area (Å²) in [5.41, 5.74) is 2.36. The highest BCUT2D eigenvalue weighted by molar-refractivity contribution is 7.20. The van der Waals surface area contributed by atoms with E-state index < -0.39 is 5.82 Å². The van der Waals surface area contributed by atoms with Crippen LogP contribution in [0.15, 0.2) is 48.5 Å². The first-order chi connectivity index (χ1) is 12.1. The third kappa shape index (κ3) is 2.99. The van der Waals surface area contributed by atoms with Gasteiger partial charge in [-0.05, 0) is 37.3 Å². The molecule has 2 aromatic heterocycles. The van der Waals surface area contributed by atoms with Crippen molar-refractivity contribution in [3.63, 3.8) is 0 Å². The molecule has 0 radical (unpaired) electrons. The Morgan fingerprint density at radius 3 is 2.72 bits per heavy atom. The third-order valence-electron chi connectivity index (χ3n) is 3.59. The molecule has 4 aromatic rings. The van der Waals surface area contributed by atoms with Crippen molar-refractivity contribution in [1.29, 1.82) is 0 Å². The van der Waals surface area contributed by atoms with Gasteiger partial charge in [0.15, 0.2) is 5.82 Å². The van der Waals surface area contributed by atoms with Gasteiger partial charge in [-0.15, -0.1) is 15.3 Å². The molecule has 0 bridgehead atoms. The van der Waals surface area contributed by atoms with Crippen molar-refractivity contribution in [1.82, 2.24) is 19.8 Å². The van der Waals surface area contributed by atoms with E-state index in [-0.39, 0.29) is 5.91 Å². The number of carbonyl (C=O) groups excluding carboxylic acids is 1. The van der Waals surface area contributed by atoms with Crippen LogP contribution in [0.5, 0.6) is 0 Å². The average Bonchev–Trinajstić information content (AvgIpc) is 3.15. The van der Waals surface area contributed by atoms with Gasteiger partial charge in [-0.2, -0.15) is 4.52 Å². The number of nitrogens with one attached hydrogen (secondary N) is 1. The summed E-state index contributed by atoms with van der Waals surface area (Å²) >= 11 is 1.22. The van der Waals surface area contributed by atoms with Crippen LogP contribution in [0.1, 0.15) is 15.9 Å². The highest BCUT2D eigenvalue weighted by Crippen LogP contribution is 2.24. The molecule has 0 aliphatic heterocycles. The summed E-state index contributed by atoms with van der Waals surface area (Å²) in [6, 6.07) is 13.2. The Balaban J connectivity index is 1.64. The van der Waals surface area contributed by atoms with Crippen molar-refractivity contribution in [3.05, 3.63) is 65.5 Å². The SMILES string of the molecule is Cc1cccc(-c2nnc3sc(NC(=O)c4ccc(F)cc4)nn23)c1. The number of nitrogens with zero attached hydrogens (tertiary/aromatic N) is 4. The number of benzene rings is 2. The second-order valence-corrected chi connectivity index (χ2v) is 6.41. The Morgan fingerprint density at radius 1 is 1.16 bits per heavy atom. The largest absolute Gasteiger partial charge is 0.296 e. The van der Waals surface area contributed by atoms with E-state index in [9.17, 15) is 9.18 Å². The van der Waals surface area contributed by atoms with Crippen LogP contribution < -0.4 is 5.32 Å². The third-order valence-corrected chi connectivity index (χ3v) is 4.41. The molecule has 0 aliphatic carbocycles. The first kappa shape index (κ1) is 15.4. The van der Waals surface area contributed by atoms with Crippen LogP contribution in [0.4, 0.5) is 9.52 Å². The summed E-state index contributed by atoms with van der Waals surface area (Å²) in [4.78, 5) is 12.8. The van der Waals surface area contributed by atoms with Crippen LogP contribution in [0.3, 0.4) is 0 Å². The Hall–Kier alpha value is -3.13. The molecule has 0 spiro atoms. The molecule has 2 aromatic carbocycles. The summed E-state index contributed by atoms with van der Waals surface area (Å²) in [6.45, 7) is 2.00. The molecule has 6 nitrogen and oxygen atoms in total. The van der Waals surface area contributed by atoms with Gasteiger partial charge in [0.2, 0.25) is 10.1 Å². The highest BCUT2D eigenvalue weighted by Gasteiger charge is 2.15. The number of fused-ring (bicyclic) bond motifs is 1. The van der Waals surface area contributed by atoms with Gasteiger partial charge in [0.25, 0.3) is 5.91 Å². The van der Waals surface area contributed by atoms with Crippen molar-refractivity contribution in [2.75, 3.05) is 5.32 Å². The fourth-order valence-electron chi connectivity index (χ4n) is 2.40. The molecular formula is C17H12FN5OS. The zero-order valence-electron chi connectivity index (χ0n) is 13.1. The average molecular weight is 353 g/mol. The quantitative estimate of drug-likeness (QED) is 0.611. The van der Waals surface area contributed by atoms with Crippen LogP contribution in [-0.4, -0.2) is 25.7 Å². The second-order valence-electron chi connectivity index (χ2n) is 5.46. The van der Waals surface area contributed by atoms with Gasteiger partial charge in [0.1, 0.15) is 5.82 Å². The van der Waals surface area contributed by atoms with E-state index in [1.165, 1.54) is 35.6 Å². The lowest BCUT2D eigenvalue weighted by molar-refractivity contribution is 0.102. The second kappa shape index (κ2) is 6.06. The van der Waals surface area contributed by atoms with E-state index >= 15 is 0 Å². The molecule has 8 heteroatoms. The molecule has 0 saturated heterocycles. The fraction of sp³-hybridized carbons (Fsp3) is 0.0588. The lowest BCUT2D eigenvalue weighted by Crippen LogP contribution is -2.11. The van der Waals surface area contributed by atoms with Crippen LogP contribution >= 0.6 is 11.3 Å². The molecule has 124 valence electrons. The number of rotatable bonds is 3. The maximum Gasteiger partial charge on any atom is 0.257 e. The predicted octanol–water partition coefficient (Wildman–Crippen LogP) is 3.55. The summed E-state index contributed by atoms with van der Waals surface area (Å²) < 4.78 is 14.5. The zero-order chi connectivity index (χ0) is 17.4. The van der Waals surface area contributed by atoms with Crippen molar-refractivity contribution in [3.8, 4) is 11.4 Å². The van der Waals surface area contributed by atoms with Gasteiger partial charge < -0.3 is 0 Å². The molecule has 25 heavy (non-hydrogen) atoms. The minimum Gasteiger partial charge on any atom is -0.296 e. The molecule has 4 rings (SSSR count). The van der Waals surface area contributed by atoms with E-state index in [0.717, 1.165) is 11.1 Å². The summed E-state index contributed by atoms with van der Waals surface area (Å²) in [5.74, 6) is -0.141. The monoisotopic (exact) mass is 353 g/mol. The first-order valence-electron chi connectivity index (χ1n) is 7.46. The lowest BCUT2D eigenvalue weighted by Gasteiger charge is -2.01. The van der Waals surface area contributed by atoms with Gasteiger partial charge >= 0.3 is 0 Å². The van der Waals surface area contributed by atoms with E-state index in [0.29, 0.717) is 21.5 Å². The minimum atomic E-state index is -0.391. The molecule has 1 N–H and O–H groups in total. The molecule has 2 heterocycles. The molecule has 0 aliphatic rings. The van der Waals surface area contributed by atoms with Crippen LogP contribution in [0.2, 0.25) is 0 Å². The van der Waals surface area contributed by atoms with Crippen molar-refractivity contribution in [2.45, 2.75) is 6.92 Å². The van der Waals surface area contributed by atoms with Crippen LogP contribution in [0.25, 0.3) is 16.3 Å². The number of hydrogen-bond acceptors (Lipinski definition) is 5. The van der Waals surface area contributed by atoms with Gasteiger partial charge in [-0.3, -0.25) is 10.1 Å². The summed E-state index contributed by atoms with van der Waals surface area (Å²) in [6.07, 6.45) is 0. The van der Waals surface area contributed by atoms with Gasteiger partial charge in [0, 0.05) is 11.1 Å². The normalized spacial score (nSPS) is 11.0. The topological polar surface area (TPSA) is 72.2 Å². The predicted molar refractivity (Wildman–Crippen MR) is 93.2 cm³/mol. The highest BCUT2D eigenvalue weighted by atomic mass is 32.1. The molecular weight excluding hydrogens is 341 g/mol. The van der Waals surface area contributed by atoms with E-state index in [1.54, 1.807) is 4.52 Å². The van der Waals surface area contributed by atoms with Crippen molar-refractivity contribution < 1.29 is 9.18 Å². The van der Waals surface area contributed by atoms with E-state index in [1.807, 2.05) is 31.2 Å². The number of hydrogen-bond donors (Lipinski definition) is 1. The maximum atomic E-state index is 12.9. The zero-order valence-corrected chi connectivity index (χ0v) is 13.9. The molecule has 0 saturated carbocycles. The van der Waals surface area contributed by atoms with E-state index in [4.69, 9.17) is 0 Å². The maximum absolute atomic E-state index is 12.9. The summed E-state index contributed by atoms with van der Waals surface area (Å²) in [7, 11) is 0. The summed E-state index contributed by atoms with van der Waals surface area (Å²) in [5, 5.41) is 15.7. The Labute approximate surface area is 146 Å². The lowest BCUT2D eigenvalue weighted by atomic mass is 10.1. The number of amides is 1. The number of anilines is 1. The number of aryl methyl sites for hydroxylation is 1.